The van der Waals surface area contributed by atoms with Crippen LogP contribution >= 0.6 is 0 Å². The zero-order chi connectivity index (χ0) is 14.9. The molecule has 21 heavy (non-hydrogen) atoms. The van der Waals surface area contributed by atoms with Crippen LogP contribution in [0, 0.1) is 6.92 Å². The van der Waals surface area contributed by atoms with Gasteiger partial charge in [0, 0.05) is 18.6 Å². The van der Waals surface area contributed by atoms with Crippen molar-refractivity contribution in [3.63, 3.8) is 0 Å². The van der Waals surface area contributed by atoms with Crippen molar-refractivity contribution in [3.05, 3.63) is 71.3 Å². The van der Waals surface area contributed by atoms with Crippen LogP contribution in [-0.2, 0) is 11.2 Å². The summed E-state index contributed by atoms with van der Waals surface area (Å²) in [5, 5.41) is 0. The zero-order valence-electron chi connectivity index (χ0n) is 12.5. The summed E-state index contributed by atoms with van der Waals surface area (Å²) in [5.41, 5.74) is 3.26. The van der Waals surface area contributed by atoms with Crippen molar-refractivity contribution in [3.8, 4) is 0 Å². The average Bonchev–Trinajstić information content (AvgIpc) is 2.52. The maximum atomic E-state index is 12.0. The summed E-state index contributed by atoms with van der Waals surface area (Å²) in [4.78, 5) is 12.0. The first-order valence-electron chi connectivity index (χ1n) is 7.47. The molecule has 0 heterocycles. The summed E-state index contributed by atoms with van der Waals surface area (Å²) in [6, 6.07) is 18.0. The van der Waals surface area contributed by atoms with Crippen LogP contribution < -0.4 is 0 Å². The lowest BCUT2D eigenvalue weighted by Gasteiger charge is -2.05. The Morgan fingerprint density at radius 1 is 0.952 bits per heavy atom. The lowest BCUT2D eigenvalue weighted by molar-refractivity contribution is 0.0940. The smallest absolute Gasteiger partial charge is 0.162 e. The van der Waals surface area contributed by atoms with Crippen LogP contribution in [0.25, 0.3) is 0 Å². The van der Waals surface area contributed by atoms with E-state index in [1.54, 1.807) is 0 Å². The van der Waals surface area contributed by atoms with Gasteiger partial charge in [0.05, 0.1) is 6.61 Å². The van der Waals surface area contributed by atoms with Gasteiger partial charge in [0.2, 0.25) is 0 Å². The first-order valence-corrected chi connectivity index (χ1v) is 7.47. The number of ketones is 1. The van der Waals surface area contributed by atoms with Gasteiger partial charge >= 0.3 is 0 Å². The third-order valence-corrected chi connectivity index (χ3v) is 3.44. The number of Topliss-reactive ketones (excluding diaryl/α,β-unsaturated/α-hetero) is 1. The topological polar surface area (TPSA) is 26.3 Å². The van der Waals surface area contributed by atoms with Gasteiger partial charge in [0.1, 0.15) is 0 Å². The zero-order valence-corrected chi connectivity index (χ0v) is 12.5. The Balaban J connectivity index is 1.59. The van der Waals surface area contributed by atoms with Gasteiger partial charge < -0.3 is 4.74 Å². The first kappa shape index (κ1) is 15.5. The number of rotatable bonds is 8. The highest BCUT2D eigenvalue weighted by Crippen LogP contribution is 2.08. The Hall–Kier alpha value is -1.93. The van der Waals surface area contributed by atoms with Crippen molar-refractivity contribution in [1.82, 2.24) is 0 Å². The molecule has 0 spiro atoms. The monoisotopic (exact) mass is 282 g/mol. The number of aryl methyl sites for hydroxylation is 1. The molecule has 0 N–H and O–H groups in total. The van der Waals surface area contributed by atoms with E-state index in [4.69, 9.17) is 4.74 Å². The van der Waals surface area contributed by atoms with Crippen LogP contribution in [-0.4, -0.2) is 19.0 Å². The first-order chi connectivity index (χ1) is 10.3. The molecule has 2 aromatic rings. The van der Waals surface area contributed by atoms with Crippen LogP contribution in [0.2, 0.25) is 0 Å². The van der Waals surface area contributed by atoms with Crippen molar-refractivity contribution in [1.29, 1.82) is 0 Å². The molecule has 0 radical (unpaired) electrons. The third-order valence-electron chi connectivity index (χ3n) is 3.44. The summed E-state index contributed by atoms with van der Waals surface area (Å²) < 4.78 is 5.59. The van der Waals surface area contributed by atoms with Gasteiger partial charge in [0.15, 0.2) is 5.78 Å². The molecule has 2 aromatic carbocycles. The normalized spacial score (nSPS) is 10.5. The second-order valence-electron chi connectivity index (χ2n) is 5.24. The number of benzene rings is 2. The van der Waals surface area contributed by atoms with Crippen LogP contribution in [0.3, 0.4) is 0 Å². The molecular weight excluding hydrogens is 260 g/mol. The van der Waals surface area contributed by atoms with E-state index in [2.05, 4.69) is 12.1 Å². The Bertz CT molecular complexity index is 544. The highest BCUT2D eigenvalue weighted by atomic mass is 16.5. The largest absolute Gasteiger partial charge is 0.381 e. The molecule has 0 unspecified atom stereocenters. The Labute approximate surface area is 126 Å². The minimum atomic E-state index is 0.196. The predicted octanol–water partition coefficient (Wildman–Crippen LogP) is 4.22. The summed E-state index contributed by atoms with van der Waals surface area (Å²) in [6.45, 7) is 3.38. The average molecular weight is 282 g/mol. The maximum absolute atomic E-state index is 12.0. The van der Waals surface area contributed by atoms with E-state index in [1.807, 2.05) is 49.4 Å². The fourth-order valence-corrected chi connectivity index (χ4v) is 2.16. The fraction of sp³-hybridized carbons (Fsp3) is 0.316. The molecule has 110 valence electrons. The molecule has 0 saturated heterocycles. The molecule has 2 rings (SSSR count). The van der Waals surface area contributed by atoms with Gasteiger partial charge in [-0.1, -0.05) is 60.2 Å². The number of carbonyl (C=O) groups excluding carboxylic acids is 1. The highest BCUT2D eigenvalue weighted by molar-refractivity contribution is 5.96. The van der Waals surface area contributed by atoms with Crippen molar-refractivity contribution in [2.45, 2.75) is 26.2 Å². The van der Waals surface area contributed by atoms with Crippen molar-refractivity contribution in [2.24, 2.45) is 0 Å². The lowest BCUT2D eigenvalue weighted by atomic mass is 10.1. The van der Waals surface area contributed by atoms with Crippen molar-refractivity contribution < 1.29 is 9.53 Å². The molecule has 0 aliphatic rings. The summed E-state index contributed by atoms with van der Waals surface area (Å²) >= 11 is 0. The highest BCUT2D eigenvalue weighted by Gasteiger charge is 2.04. The number of ether oxygens (including phenoxy) is 1. The molecular formula is C19H22O2. The van der Waals surface area contributed by atoms with Gasteiger partial charge in [-0.25, -0.2) is 0 Å². The van der Waals surface area contributed by atoms with Gasteiger partial charge in [-0.15, -0.1) is 0 Å². The minimum absolute atomic E-state index is 0.196. The molecule has 2 nitrogen and oxygen atoms in total. The second-order valence-corrected chi connectivity index (χ2v) is 5.24. The molecule has 0 fully saturated rings. The standard InChI is InChI=1S/C19H22O2/c1-16-9-11-18(12-10-16)19(20)8-5-14-21-15-13-17-6-3-2-4-7-17/h2-4,6-7,9-12H,5,8,13-15H2,1H3. The molecule has 0 aliphatic heterocycles. The van der Waals surface area contributed by atoms with E-state index in [0.29, 0.717) is 19.6 Å². The fourth-order valence-electron chi connectivity index (χ4n) is 2.16. The van der Waals surface area contributed by atoms with Crippen molar-refractivity contribution >= 4 is 5.78 Å². The van der Waals surface area contributed by atoms with Crippen molar-refractivity contribution in [2.75, 3.05) is 13.2 Å². The van der Waals surface area contributed by atoms with Gasteiger partial charge in [-0.3, -0.25) is 4.79 Å². The van der Waals surface area contributed by atoms with E-state index >= 15 is 0 Å². The number of carbonyl (C=O) groups is 1. The third kappa shape index (κ3) is 5.52. The van der Waals surface area contributed by atoms with E-state index in [0.717, 1.165) is 18.4 Å². The SMILES string of the molecule is Cc1ccc(C(=O)CCCOCCc2ccccc2)cc1. The summed E-state index contributed by atoms with van der Waals surface area (Å²) in [5.74, 6) is 0.196. The van der Waals surface area contributed by atoms with E-state index in [1.165, 1.54) is 11.1 Å². The van der Waals surface area contributed by atoms with E-state index < -0.39 is 0 Å². The number of hydrogen-bond donors (Lipinski definition) is 0. The molecule has 0 amide bonds. The Morgan fingerprint density at radius 2 is 1.67 bits per heavy atom. The Kier molecular flexibility index (Phi) is 6.17. The lowest BCUT2D eigenvalue weighted by Crippen LogP contribution is -2.04. The molecule has 2 heteroatoms. The second kappa shape index (κ2) is 8.38. The van der Waals surface area contributed by atoms with Gasteiger partial charge in [-0.05, 0) is 25.3 Å². The van der Waals surface area contributed by atoms with E-state index in [9.17, 15) is 4.79 Å². The molecule has 0 atom stereocenters. The van der Waals surface area contributed by atoms with E-state index in [-0.39, 0.29) is 5.78 Å². The molecule has 0 saturated carbocycles. The summed E-state index contributed by atoms with van der Waals surface area (Å²) in [7, 11) is 0. The Morgan fingerprint density at radius 3 is 2.38 bits per heavy atom. The quantitative estimate of drug-likeness (QED) is 0.535. The molecule has 0 aliphatic carbocycles. The van der Waals surface area contributed by atoms with Crippen LogP contribution in [0.5, 0.6) is 0 Å². The minimum Gasteiger partial charge on any atom is -0.381 e. The van der Waals surface area contributed by atoms with Gasteiger partial charge in [0.25, 0.3) is 0 Å². The number of hydrogen-bond acceptors (Lipinski definition) is 2. The van der Waals surface area contributed by atoms with Crippen LogP contribution in [0.1, 0.15) is 34.3 Å². The predicted molar refractivity (Wildman–Crippen MR) is 85.7 cm³/mol. The summed E-state index contributed by atoms with van der Waals surface area (Å²) in [6.07, 6.45) is 2.25. The van der Waals surface area contributed by atoms with Crippen LogP contribution in [0.4, 0.5) is 0 Å². The van der Waals surface area contributed by atoms with Gasteiger partial charge in [-0.2, -0.15) is 0 Å². The molecule has 0 bridgehead atoms. The molecule has 0 aromatic heterocycles. The van der Waals surface area contributed by atoms with Crippen LogP contribution in [0.15, 0.2) is 54.6 Å². The maximum Gasteiger partial charge on any atom is 0.162 e.